The fourth-order valence-electron chi connectivity index (χ4n) is 9.17. The number of ether oxygens (including phenoxy) is 2. The second kappa shape index (κ2) is 23.3. The summed E-state index contributed by atoms with van der Waals surface area (Å²) < 4.78 is 128. The van der Waals surface area contributed by atoms with Gasteiger partial charge in [-0.15, -0.1) is 0 Å². The summed E-state index contributed by atoms with van der Waals surface area (Å²) in [6, 6.07) is 29.4. The molecule has 2 aliphatic heterocycles. The van der Waals surface area contributed by atoms with E-state index in [2.05, 4.69) is 19.9 Å². The third-order valence-electron chi connectivity index (χ3n) is 12.7. The number of anilines is 2. The Morgan fingerprint density at radius 2 is 1.39 bits per heavy atom. The first-order valence-electron chi connectivity index (χ1n) is 25.1. The fourth-order valence-corrected chi connectivity index (χ4v) is 11.7. The number of phosphoric acid groups is 1. The number of carbonyl (C=O) groups is 2. The number of rotatable bonds is 16. The van der Waals surface area contributed by atoms with Crippen molar-refractivity contribution in [1.29, 1.82) is 0 Å². The molecule has 24 heteroatoms. The number of imidazole rings is 1. The summed E-state index contributed by atoms with van der Waals surface area (Å²) in [5.41, 5.74) is -1.33. The molecule has 0 aliphatic carbocycles. The lowest BCUT2D eigenvalue weighted by Crippen LogP contribution is -2.62. The van der Waals surface area contributed by atoms with Gasteiger partial charge < -0.3 is 23.5 Å². The van der Waals surface area contributed by atoms with E-state index >= 15 is 17.6 Å². The standard InChI is InChI=1S/C55H57F4N8O10PS/c1-53(2,3)74-51(68)67(52(69)75-54(4,5)6)50-46-49(61-34-62-50)65(35-63-46)30-39-25-43(60-28-44(39)64-24-16-23-55(33-64)47(48(58)59)77-79(71)66(55)29-36-17-10-7-11-18-36)40-26-42(57)45(27-41(40)56)76-78(70,72-31-37-19-12-8-13-20-37)73-32-38-21-14-9-15-22-38/h7-15,17-22,25-28,34-35,47-48H,16,23-24,29-33H2,1-6H3/t47-,55-,79?/m1/s1. The molecular weight excluding hydrogens is 1070 g/mol. The Morgan fingerprint density at radius 1 is 0.797 bits per heavy atom. The molecule has 0 N–H and O–H groups in total. The maximum absolute atomic E-state index is 16.7. The second-order valence-electron chi connectivity index (χ2n) is 20.8. The Balaban J connectivity index is 1.11. The number of phosphoric ester groups is 1. The van der Waals surface area contributed by atoms with Crippen LogP contribution in [0, 0.1) is 11.6 Å². The van der Waals surface area contributed by atoms with Crippen molar-refractivity contribution in [3.8, 4) is 17.0 Å². The summed E-state index contributed by atoms with van der Waals surface area (Å²) in [5.74, 6) is -3.25. The lowest BCUT2D eigenvalue weighted by atomic mass is 9.82. The molecule has 0 radical (unpaired) electrons. The van der Waals surface area contributed by atoms with Crippen LogP contribution in [0.3, 0.4) is 0 Å². The van der Waals surface area contributed by atoms with Crippen molar-refractivity contribution >= 4 is 53.9 Å². The Bertz CT molecular complexity index is 3320. The van der Waals surface area contributed by atoms with Gasteiger partial charge in [0.25, 0.3) is 6.43 Å². The number of fused-ring (bicyclic) bond motifs is 1. The van der Waals surface area contributed by atoms with Gasteiger partial charge in [0.2, 0.25) is 11.3 Å². The van der Waals surface area contributed by atoms with Crippen LogP contribution in [0.25, 0.3) is 22.4 Å². The van der Waals surface area contributed by atoms with Crippen LogP contribution in [0.1, 0.15) is 76.6 Å². The minimum Gasteiger partial charge on any atom is -0.443 e. The summed E-state index contributed by atoms with van der Waals surface area (Å²) in [6.45, 7) is 9.24. The molecule has 2 fully saturated rings. The summed E-state index contributed by atoms with van der Waals surface area (Å²) in [6.07, 6.45) is -2.61. The van der Waals surface area contributed by atoms with Gasteiger partial charge in [-0.05, 0) is 88.8 Å². The molecule has 3 atom stereocenters. The number of aromatic nitrogens is 5. The largest absolute Gasteiger partial charge is 0.530 e. The van der Waals surface area contributed by atoms with E-state index in [4.69, 9.17) is 27.2 Å². The minimum absolute atomic E-state index is 0.0273. The van der Waals surface area contributed by atoms with Gasteiger partial charge in [0, 0.05) is 31.3 Å². The monoisotopic (exact) mass is 1130 g/mol. The van der Waals surface area contributed by atoms with Crippen LogP contribution < -0.4 is 14.3 Å². The molecule has 1 spiro atoms. The van der Waals surface area contributed by atoms with Gasteiger partial charge in [-0.1, -0.05) is 91.0 Å². The van der Waals surface area contributed by atoms with Crippen LogP contribution in [0.4, 0.5) is 38.7 Å². The molecule has 416 valence electrons. The van der Waals surface area contributed by atoms with Gasteiger partial charge in [0.05, 0.1) is 49.2 Å². The lowest BCUT2D eigenvalue weighted by molar-refractivity contribution is -0.0376. The summed E-state index contributed by atoms with van der Waals surface area (Å²) >= 11 is -2.26. The number of imide groups is 1. The highest BCUT2D eigenvalue weighted by Gasteiger charge is 2.59. The van der Waals surface area contributed by atoms with Crippen molar-refractivity contribution in [3.05, 3.63) is 162 Å². The number of pyridine rings is 1. The molecule has 2 saturated heterocycles. The van der Waals surface area contributed by atoms with Crippen LogP contribution in [0.2, 0.25) is 0 Å². The normalized spacial score (nSPS) is 18.1. The highest BCUT2D eigenvalue weighted by Crippen LogP contribution is 2.52. The van der Waals surface area contributed by atoms with Crippen LogP contribution in [0.5, 0.6) is 5.75 Å². The predicted octanol–water partition coefficient (Wildman–Crippen LogP) is 11.9. The van der Waals surface area contributed by atoms with Gasteiger partial charge in [-0.25, -0.2) is 50.9 Å². The number of amides is 2. The van der Waals surface area contributed by atoms with E-state index in [1.165, 1.54) is 22.9 Å². The predicted molar refractivity (Wildman–Crippen MR) is 285 cm³/mol. The number of halogens is 4. The van der Waals surface area contributed by atoms with Crippen LogP contribution >= 0.6 is 7.82 Å². The Kier molecular flexibility index (Phi) is 16.7. The molecule has 2 aliphatic rings. The molecule has 0 bridgehead atoms. The number of carbonyl (C=O) groups excluding carboxylic acids is 2. The Hall–Kier alpha value is -7.14. The molecule has 0 saturated carbocycles. The Labute approximate surface area is 456 Å². The molecule has 18 nitrogen and oxygen atoms in total. The quantitative estimate of drug-likeness (QED) is 0.0655. The van der Waals surface area contributed by atoms with Gasteiger partial charge in [0.1, 0.15) is 23.3 Å². The zero-order valence-corrected chi connectivity index (χ0v) is 45.7. The highest BCUT2D eigenvalue weighted by molar-refractivity contribution is 7.78. The summed E-state index contributed by atoms with van der Waals surface area (Å²) in [5, 5.41) is 0. The number of hydrogen-bond donors (Lipinski definition) is 0. The van der Waals surface area contributed by atoms with Crippen molar-refractivity contribution in [2.75, 3.05) is 22.9 Å². The van der Waals surface area contributed by atoms with Crippen molar-refractivity contribution in [1.82, 2.24) is 28.8 Å². The van der Waals surface area contributed by atoms with E-state index in [0.717, 1.165) is 18.0 Å². The van der Waals surface area contributed by atoms with E-state index in [1.807, 2.05) is 0 Å². The van der Waals surface area contributed by atoms with E-state index in [-0.39, 0.29) is 67.5 Å². The number of nitrogens with zero attached hydrogens (tertiary/aromatic N) is 8. The van der Waals surface area contributed by atoms with Crippen LogP contribution in [0.15, 0.2) is 128 Å². The molecule has 9 rings (SSSR count). The summed E-state index contributed by atoms with van der Waals surface area (Å²) in [7, 11) is -4.66. The topological polar surface area (TPSA) is 190 Å². The van der Waals surface area contributed by atoms with E-state index in [1.54, 1.807) is 142 Å². The zero-order chi connectivity index (χ0) is 56.3. The first kappa shape index (κ1) is 56.6. The summed E-state index contributed by atoms with van der Waals surface area (Å²) in [4.78, 5) is 47.8. The second-order valence-corrected chi connectivity index (χ2v) is 23.4. The molecule has 1 unspecified atom stereocenters. The van der Waals surface area contributed by atoms with E-state index in [0.29, 0.717) is 46.3 Å². The fraction of sp³-hybridized carbons (Fsp3) is 0.345. The third-order valence-corrected chi connectivity index (χ3v) is 15.2. The third kappa shape index (κ3) is 13.1. The van der Waals surface area contributed by atoms with Crippen molar-refractivity contribution < 1.29 is 63.2 Å². The average Bonchev–Trinajstić information content (AvgIpc) is 4.16. The molecular formula is C55H57F4N8O10PS. The van der Waals surface area contributed by atoms with Gasteiger partial charge in [-0.3, -0.25) is 18.2 Å². The Morgan fingerprint density at radius 3 is 1.97 bits per heavy atom. The minimum atomic E-state index is -4.66. The van der Waals surface area contributed by atoms with Gasteiger partial charge in [-0.2, -0.15) is 9.21 Å². The van der Waals surface area contributed by atoms with Crippen molar-refractivity contribution in [2.24, 2.45) is 0 Å². The highest BCUT2D eigenvalue weighted by atomic mass is 32.2. The molecule has 7 aromatic rings. The maximum atomic E-state index is 16.7. The van der Waals surface area contributed by atoms with Crippen LogP contribution in [-0.4, -0.2) is 87.6 Å². The number of piperidine rings is 1. The molecule has 3 aromatic heterocycles. The molecule has 5 heterocycles. The van der Waals surface area contributed by atoms with Gasteiger partial charge >= 0.3 is 20.0 Å². The zero-order valence-electron chi connectivity index (χ0n) is 44.0. The molecule has 2 amide bonds. The van der Waals surface area contributed by atoms with E-state index in [9.17, 15) is 18.4 Å². The average molecular weight is 1130 g/mol. The van der Waals surface area contributed by atoms with Crippen LogP contribution in [-0.2, 0) is 64.8 Å². The van der Waals surface area contributed by atoms with Gasteiger partial charge in [0.15, 0.2) is 34.7 Å². The molecule has 79 heavy (non-hydrogen) atoms. The lowest BCUT2D eigenvalue weighted by Gasteiger charge is -2.46. The van der Waals surface area contributed by atoms with E-state index < -0.39 is 77.9 Å². The van der Waals surface area contributed by atoms with Crippen molar-refractivity contribution in [3.63, 3.8) is 0 Å². The molecule has 4 aromatic carbocycles. The first-order chi connectivity index (χ1) is 37.6. The SMILES string of the molecule is CC(C)(C)OC(=O)N(C(=O)OC(C)(C)C)c1ncnc2c1ncn2Cc1cc(-c2cc(F)c(OP(=O)(OCc3ccccc3)OCc3ccccc3)cc2F)ncc1N1CCC[C@@]2(C1)[C@@H](C(F)F)OS(=O)N2Cc1ccccc1. The smallest absolute Gasteiger partial charge is 0.443 e. The van der Waals surface area contributed by atoms with Crippen molar-refractivity contribution in [2.45, 2.75) is 110 Å². The number of alkyl halides is 2. The number of hydrogen-bond acceptors (Lipinski definition) is 15. The number of benzene rings is 4. The first-order valence-corrected chi connectivity index (χ1v) is 27.6. The maximum Gasteiger partial charge on any atom is 0.530 e.